The third-order valence-corrected chi connectivity index (χ3v) is 2.09. The average Bonchev–Trinajstić information content (AvgIpc) is 2.16. The van der Waals surface area contributed by atoms with Crippen LogP contribution in [0.4, 0.5) is 4.39 Å². The lowest BCUT2D eigenvalue weighted by atomic mass is 9.99. The molecule has 0 aromatic heterocycles. The van der Waals surface area contributed by atoms with Gasteiger partial charge in [0.15, 0.2) is 0 Å². The SMILES string of the molecule is CC(C)c1cccc(C(F)C(=O)O)c1. The molecule has 76 valence electrons. The van der Waals surface area contributed by atoms with E-state index in [0.29, 0.717) is 0 Å². The molecule has 1 aromatic rings. The van der Waals surface area contributed by atoms with Crippen LogP contribution in [0.3, 0.4) is 0 Å². The second-order valence-electron chi connectivity index (χ2n) is 3.53. The molecule has 0 aliphatic heterocycles. The monoisotopic (exact) mass is 196 g/mol. The van der Waals surface area contributed by atoms with Gasteiger partial charge in [-0.25, -0.2) is 9.18 Å². The van der Waals surface area contributed by atoms with Gasteiger partial charge in [-0.3, -0.25) is 0 Å². The van der Waals surface area contributed by atoms with Crippen LogP contribution in [0.1, 0.15) is 37.1 Å². The lowest BCUT2D eigenvalue weighted by Crippen LogP contribution is -2.06. The van der Waals surface area contributed by atoms with Gasteiger partial charge >= 0.3 is 5.97 Å². The zero-order valence-electron chi connectivity index (χ0n) is 8.20. The Hall–Kier alpha value is -1.38. The molecule has 0 heterocycles. The molecule has 0 bridgehead atoms. The summed E-state index contributed by atoms with van der Waals surface area (Å²) < 4.78 is 13.1. The molecule has 3 heteroatoms. The predicted molar refractivity (Wildman–Crippen MR) is 52.0 cm³/mol. The molecule has 1 atom stereocenters. The summed E-state index contributed by atoms with van der Waals surface area (Å²) in [4.78, 5) is 10.4. The Labute approximate surface area is 82.4 Å². The van der Waals surface area contributed by atoms with Crippen LogP contribution in [0.2, 0.25) is 0 Å². The van der Waals surface area contributed by atoms with Crippen molar-refractivity contribution in [2.24, 2.45) is 0 Å². The van der Waals surface area contributed by atoms with Crippen molar-refractivity contribution in [3.63, 3.8) is 0 Å². The Kier molecular flexibility index (Phi) is 3.23. The van der Waals surface area contributed by atoms with Crippen LogP contribution in [0, 0.1) is 0 Å². The van der Waals surface area contributed by atoms with E-state index >= 15 is 0 Å². The van der Waals surface area contributed by atoms with Crippen LogP contribution in [0.15, 0.2) is 24.3 Å². The molecule has 1 rings (SSSR count). The zero-order valence-corrected chi connectivity index (χ0v) is 8.20. The molecule has 0 aliphatic rings. The van der Waals surface area contributed by atoms with Crippen molar-refractivity contribution in [2.75, 3.05) is 0 Å². The number of carboxylic acid groups (broad SMARTS) is 1. The summed E-state index contributed by atoms with van der Waals surface area (Å²) in [7, 11) is 0. The first-order valence-electron chi connectivity index (χ1n) is 4.49. The molecule has 1 unspecified atom stereocenters. The van der Waals surface area contributed by atoms with Crippen LogP contribution < -0.4 is 0 Å². The number of rotatable bonds is 3. The maximum absolute atomic E-state index is 13.1. The second kappa shape index (κ2) is 4.22. The van der Waals surface area contributed by atoms with Gasteiger partial charge in [-0.15, -0.1) is 0 Å². The lowest BCUT2D eigenvalue weighted by molar-refractivity contribution is -0.143. The number of hydrogen-bond acceptors (Lipinski definition) is 1. The van der Waals surface area contributed by atoms with Crippen molar-refractivity contribution >= 4 is 5.97 Å². The van der Waals surface area contributed by atoms with Crippen LogP contribution in [0.5, 0.6) is 0 Å². The second-order valence-corrected chi connectivity index (χ2v) is 3.53. The Morgan fingerprint density at radius 2 is 1.93 bits per heavy atom. The Bertz CT molecular complexity index is 334. The Morgan fingerprint density at radius 1 is 1.36 bits per heavy atom. The highest BCUT2D eigenvalue weighted by Gasteiger charge is 2.18. The van der Waals surface area contributed by atoms with Gasteiger partial charge in [0.1, 0.15) is 0 Å². The van der Waals surface area contributed by atoms with Gasteiger partial charge in [0.05, 0.1) is 0 Å². The summed E-state index contributed by atoms with van der Waals surface area (Å²) in [5.74, 6) is -1.16. The molecule has 0 spiro atoms. The third-order valence-electron chi connectivity index (χ3n) is 2.09. The summed E-state index contributed by atoms with van der Waals surface area (Å²) in [6, 6.07) is 6.64. The standard InChI is InChI=1S/C11H13FO2/c1-7(2)8-4-3-5-9(6-8)10(12)11(13)14/h3-7,10H,1-2H3,(H,13,14). The lowest BCUT2D eigenvalue weighted by Gasteiger charge is -2.08. The highest BCUT2D eigenvalue weighted by Crippen LogP contribution is 2.22. The molecular weight excluding hydrogens is 183 g/mol. The van der Waals surface area contributed by atoms with E-state index in [1.54, 1.807) is 12.1 Å². The fraction of sp³-hybridized carbons (Fsp3) is 0.364. The van der Waals surface area contributed by atoms with Crippen molar-refractivity contribution in [3.05, 3.63) is 35.4 Å². The molecule has 1 aromatic carbocycles. The van der Waals surface area contributed by atoms with Gasteiger partial charge in [-0.2, -0.15) is 0 Å². The molecule has 2 nitrogen and oxygen atoms in total. The summed E-state index contributed by atoms with van der Waals surface area (Å²) >= 11 is 0. The van der Waals surface area contributed by atoms with Gasteiger partial charge in [0, 0.05) is 0 Å². The maximum atomic E-state index is 13.1. The van der Waals surface area contributed by atoms with Crippen LogP contribution in [-0.4, -0.2) is 11.1 Å². The minimum Gasteiger partial charge on any atom is -0.479 e. The van der Waals surface area contributed by atoms with Crippen LogP contribution in [0.25, 0.3) is 0 Å². The number of alkyl halides is 1. The molecule has 0 radical (unpaired) electrons. The van der Waals surface area contributed by atoms with E-state index in [9.17, 15) is 9.18 Å². The Balaban J connectivity index is 2.99. The van der Waals surface area contributed by atoms with E-state index in [4.69, 9.17) is 5.11 Å². The largest absolute Gasteiger partial charge is 0.479 e. The quantitative estimate of drug-likeness (QED) is 0.807. The molecule has 0 fully saturated rings. The van der Waals surface area contributed by atoms with E-state index in [1.165, 1.54) is 6.07 Å². The number of aliphatic carboxylic acids is 1. The molecular formula is C11H13FO2. The van der Waals surface area contributed by atoms with Gasteiger partial charge in [-0.1, -0.05) is 38.1 Å². The first kappa shape index (κ1) is 10.7. The van der Waals surface area contributed by atoms with Gasteiger partial charge in [-0.05, 0) is 17.0 Å². The number of benzene rings is 1. The first-order valence-corrected chi connectivity index (χ1v) is 4.49. The van der Waals surface area contributed by atoms with Crippen molar-refractivity contribution in [3.8, 4) is 0 Å². The Morgan fingerprint density at radius 3 is 2.43 bits per heavy atom. The summed E-state index contributed by atoms with van der Waals surface area (Å²) in [5.41, 5.74) is 1.16. The number of hydrogen-bond donors (Lipinski definition) is 1. The molecule has 1 N–H and O–H groups in total. The first-order chi connectivity index (χ1) is 6.52. The van der Waals surface area contributed by atoms with E-state index < -0.39 is 12.1 Å². The highest BCUT2D eigenvalue weighted by atomic mass is 19.1. The minimum atomic E-state index is -1.92. The summed E-state index contributed by atoms with van der Waals surface area (Å²) in [6.07, 6.45) is -1.92. The van der Waals surface area contributed by atoms with Crippen molar-refractivity contribution in [1.82, 2.24) is 0 Å². The van der Waals surface area contributed by atoms with Crippen LogP contribution in [-0.2, 0) is 4.79 Å². The summed E-state index contributed by atoms with van der Waals surface area (Å²) in [5, 5.41) is 8.49. The van der Waals surface area contributed by atoms with Gasteiger partial charge in [0.2, 0.25) is 6.17 Å². The van der Waals surface area contributed by atoms with E-state index in [2.05, 4.69) is 0 Å². The number of carbonyl (C=O) groups is 1. The van der Waals surface area contributed by atoms with E-state index in [1.807, 2.05) is 19.9 Å². The summed E-state index contributed by atoms with van der Waals surface area (Å²) in [6.45, 7) is 3.96. The van der Waals surface area contributed by atoms with Crippen molar-refractivity contribution in [1.29, 1.82) is 0 Å². The topological polar surface area (TPSA) is 37.3 Å². The highest BCUT2D eigenvalue weighted by molar-refractivity contribution is 5.74. The van der Waals surface area contributed by atoms with Gasteiger partial charge in [0.25, 0.3) is 0 Å². The average molecular weight is 196 g/mol. The molecule has 0 saturated carbocycles. The molecule has 0 aliphatic carbocycles. The van der Waals surface area contributed by atoms with Gasteiger partial charge < -0.3 is 5.11 Å². The third kappa shape index (κ3) is 2.31. The van der Waals surface area contributed by atoms with Crippen molar-refractivity contribution in [2.45, 2.75) is 25.9 Å². The normalized spacial score (nSPS) is 12.9. The minimum absolute atomic E-state index is 0.212. The molecule has 14 heavy (non-hydrogen) atoms. The maximum Gasteiger partial charge on any atom is 0.343 e. The predicted octanol–water partition coefficient (Wildman–Crippen LogP) is 2.91. The number of carboxylic acids is 1. The zero-order chi connectivity index (χ0) is 10.7. The van der Waals surface area contributed by atoms with Crippen molar-refractivity contribution < 1.29 is 14.3 Å². The molecule has 0 saturated heterocycles. The smallest absolute Gasteiger partial charge is 0.343 e. The van der Waals surface area contributed by atoms with Crippen LogP contribution >= 0.6 is 0 Å². The molecule has 0 amide bonds. The van der Waals surface area contributed by atoms with E-state index in [-0.39, 0.29) is 11.5 Å². The fourth-order valence-corrected chi connectivity index (χ4v) is 1.22. The number of halogens is 1. The fourth-order valence-electron chi connectivity index (χ4n) is 1.22. The van der Waals surface area contributed by atoms with E-state index in [0.717, 1.165) is 5.56 Å².